The first-order valence-electron chi connectivity index (χ1n) is 10.7. The molecule has 0 radical (unpaired) electrons. The van der Waals surface area contributed by atoms with Gasteiger partial charge in [0, 0.05) is 35.9 Å². The molecule has 2 N–H and O–H groups in total. The van der Waals surface area contributed by atoms with E-state index in [0.717, 1.165) is 15.1 Å². The van der Waals surface area contributed by atoms with E-state index in [1.54, 1.807) is 12.1 Å². The summed E-state index contributed by atoms with van der Waals surface area (Å²) in [6.07, 6.45) is -0.521. The van der Waals surface area contributed by atoms with Gasteiger partial charge in [-0.1, -0.05) is 35.8 Å². The number of nitrogens with zero attached hydrogens (tertiary/aromatic N) is 2. The first kappa shape index (κ1) is 27.3. The second kappa shape index (κ2) is 13.0. The molecule has 0 aromatic heterocycles. The Morgan fingerprint density at radius 1 is 1.03 bits per heavy atom. The highest BCUT2D eigenvalue weighted by Gasteiger charge is 2.23. The average Bonchev–Trinajstić information content (AvgIpc) is 2.76. The lowest BCUT2D eigenvalue weighted by Crippen LogP contribution is -2.41. The second-order valence-electron chi connectivity index (χ2n) is 8.01. The second-order valence-corrected chi connectivity index (χ2v) is 8.92. The molecule has 2 aromatic rings. The zero-order valence-electron chi connectivity index (χ0n) is 19.4. The third-order valence-electron chi connectivity index (χ3n) is 4.82. The fourth-order valence-corrected chi connectivity index (χ4v) is 3.56. The summed E-state index contributed by atoms with van der Waals surface area (Å²) in [4.78, 5) is 39.2. The molecule has 2 amide bonds. The Kier molecular flexibility index (Phi) is 10.5. The maximum atomic E-state index is 13.4. The molecule has 34 heavy (non-hydrogen) atoms. The molecule has 2 aromatic carbocycles. The summed E-state index contributed by atoms with van der Waals surface area (Å²) in [6.45, 7) is 4.59. The van der Waals surface area contributed by atoms with Gasteiger partial charge in [-0.25, -0.2) is 14.1 Å². The van der Waals surface area contributed by atoms with E-state index >= 15 is 0 Å². The Balaban J connectivity index is 2.05. The van der Waals surface area contributed by atoms with E-state index in [0.29, 0.717) is 12.1 Å². The molecule has 2 rings (SSSR count). The van der Waals surface area contributed by atoms with Crippen LogP contribution in [0.25, 0.3) is 0 Å². The van der Waals surface area contributed by atoms with Crippen LogP contribution >= 0.6 is 15.9 Å². The summed E-state index contributed by atoms with van der Waals surface area (Å²) in [6, 6.07) is 12.5. The highest BCUT2D eigenvalue weighted by Crippen LogP contribution is 2.27. The smallest absolute Gasteiger partial charge is 0.419 e. The van der Waals surface area contributed by atoms with Gasteiger partial charge in [-0.2, -0.15) is 0 Å². The van der Waals surface area contributed by atoms with E-state index in [1.165, 1.54) is 19.1 Å². The van der Waals surface area contributed by atoms with Crippen LogP contribution in [0.4, 0.5) is 20.6 Å². The number of carbonyl (C=O) groups is 3. The monoisotopic (exact) mass is 537 g/mol. The Hall–Kier alpha value is -2.98. The van der Waals surface area contributed by atoms with Gasteiger partial charge >= 0.3 is 12.1 Å². The lowest BCUT2D eigenvalue weighted by Gasteiger charge is -2.28. The van der Waals surface area contributed by atoms with Crippen molar-refractivity contribution in [2.24, 2.45) is 11.7 Å². The fraction of sp³-hybridized carbons (Fsp3) is 0.375. The third-order valence-corrected chi connectivity index (χ3v) is 5.31. The van der Waals surface area contributed by atoms with Crippen molar-refractivity contribution in [3.63, 3.8) is 0 Å². The first-order valence-corrected chi connectivity index (χ1v) is 11.5. The molecule has 0 saturated heterocycles. The summed E-state index contributed by atoms with van der Waals surface area (Å²) < 4.78 is 24.1. The molecule has 0 aliphatic heterocycles. The largest absolute Gasteiger partial charge is 0.427 e. The van der Waals surface area contributed by atoms with Crippen LogP contribution in [0, 0.1) is 11.7 Å². The molecule has 0 aliphatic rings. The van der Waals surface area contributed by atoms with Crippen LogP contribution in [-0.2, 0) is 19.1 Å². The van der Waals surface area contributed by atoms with Crippen LogP contribution in [0.3, 0.4) is 0 Å². The van der Waals surface area contributed by atoms with Gasteiger partial charge in [0.1, 0.15) is 11.9 Å². The number of benzene rings is 2. The van der Waals surface area contributed by atoms with Gasteiger partial charge in [0.25, 0.3) is 0 Å². The normalized spacial score (nSPS) is 11.6. The van der Waals surface area contributed by atoms with E-state index in [2.05, 4.69) is 15.9 Å². The van der Waals surface area contributed by atoms with Crippen molar-refractivity contribution >= 4 is 45.3 Å². The van der Waals surface area contributed by atoms with Crippen molar-refractivity contribution in [2.45, 2.75) is 33.2 Å². The molecule has 0 fully saturated rings. The zero-order valence-corrected chi connectivity index (χ0v) is 21.0. The van der Waals surface area contributed by atoms with Gasteiger partial charge in [-0.15, -0.1) is 0 Å². The van der Waals surface area contributed by atoms with Crippen LogP contribution < -0.4 is 10.6 Å². The molecule has 0 heterocycles. The number of esters is 1. The molecule has 0 saturated carbocycles. The highest BCUT2D eigenvalue weighted by atomic mass is 79.9. The van der Waals surface area contributed by atoms with Gasteiger partial charge in [0.05, 0.1) is 0 Å². The van der Waals surface area contributed by atoms with Gasteiger partial charge < -0.3 is 20.1 Å². The van der Waals surface area contributed by atoms with Crippen molar-refractivity contribution in [1.29, 1.82) is 0 Å². The van der Waals surface area contributed by atoms with Crippen molar-refractivity contribution < 1.29 is 28.2 Å². The topological polar surface area (TPSA) is 102 Å². The maximum absolute atomic E-state index is 13.4. The van der Waals surface area contributed by atoms with Crippen molar-refractivity contribution in [1.82, 2.24) is 4.90 Å². The van der Waals surface area contributed by atoms with E-state index in [4.69, 9.17) is 15.2 Å². The number of rotatable bonds is 10. The van der Waals surface area contributed by atoms with Crippen LogP contribution in [-0.4, -0.2) is 48.8 Å². The number of carbonyl (C=O) groups excluding carboxylic acids is 3. The summed E-state index contributed by atoms with van der Waals surface area (Å²) >= 11 is 3.43. The third kappa shape index (κ3) is 8.42. The standard InChI is InChI=1S/C24H29BrFN3O5/c1-16(2)13-22(27)23(31)33-15-34-24(32)28(17(3)30)11-12-29(20-9-7-19(26)8-10-20)21-6-4-5-18(25)14-21/h4-10,14,16,22H,11-13,15,27H2,1-3H3/t22-/m0/s1. The van der Waals surface area contributed by atoms with Crippen molar-refractivity contribution in [3.8, 4) is 0 Å². The van der Waals surface area contributed by atoms with Crippen LogP contribution in [0.2, 0.25) is 0 Å². The van der Waals surface area contributed by atoms with E-state index in [-0.39, 0.29) is 24.8 Å². The molecule has 0 spiro atoms. The summed E-state index contributed by atoms with van der Waals surface area (Å²) in [5.74, 6) is -1.41. The van der Waals surface area contributed by atoms with Gasteiger partial charge in [0.15, 0.2) is 0 Å². The first-order chi connectivity index (χ1) is 16.1. The maximum Gasteiger partial charge on any atom is 0.419 e. The van der Waals surface area contributed by atoms with Crippen molar-refractivity contribution in [2.75, 3.05) is 24.8 Å². The molecule has 8 nitrogen and oxygen atoms in total. The predicted octanol–water partition coefficient (Wildman–Crippen LogP) is 4.59. The number of hydrogen-bond acceptors (Lipinski definition) is 7. The molecular weight excluding hydrogens is 509 g/mol. The SMILES string of the molecule is CC(=O)N(CCN(c1ccc(F)cc1)c1cccc(Br)c1)C(=O)OCOC(=O)[C@@H](N)CC(C)C. The number of nitrogens with two attached hydrogens (primary N) is 1. The molecule has 0 unspecified atom stereocenters. The molecule has 0 bridgehead atoms. The lowest BCUT2D eigenvalue weighted by atomic mass is 10.1. The van der Waals surface area contributed by atoms with E-state index in [1.807, 2.05) is 43.0 Å². The summed E-state index contributed by atoms with van der Waals surface area (Å²) in [7, 11) is 0. The van der Waals surface area contributed by atoms with Crippen molar-refractivity contribution in [3.05, 3.63) is 58.8 Å². The number of anilines is 2. The molecule has 1 atom stereocenters. The average molecular weight is 538 g/mol. The lowest BCUT2D eigenvalue weighted by molar-refractivity contribution is -0.154. The molecule has 184 valence electrons. The van der Waals surface area contributed by atoms with Crippen LogP contribution in [0.5, 0.6) is 0 Å². The highest BCUT2D eigenvalue weighted by molar-refractivity contribution is 9.10. The van der Waals surface area contributed by atoms with E-state index in [9.17, 15) is 18.8 Å². The summed E-state index contributed by atoms with van der Waals surface area (Å²) in [5.41, 5.74) is 7.18. The Morgan fingerprint density at radius 3 is 2.29 bits per heavy atom. The number of halogens is 2. The minimum absolute atomic E-state index is 0.0289. The predicted molar refractivity (Wildman–Crippen MR) is 130 cm³/mol. The van der Waals surface area contributed by atoms with Gasteiger partial charge in [0.2, 0.25) is 12.7 Å². The quantitative estimate of drug-likeness (QED) is 0.349. The zero-order chi connectivity index (χ0) is 25.3. The molecular formula is C24H29BrFN3O5. The molecule has 10 heteroatoms. The Labute approximate surface area is 206 Å². The van der Waals surface area contributed by atoms with E-state index < -0.39 is 30.8 Å². The Bertz CT molecular complexity index is 987. The van der Waals surface area contributed by atoms with Crippen LogP contribution in [0.1, 0.15) is 27.2 Å². The number of ether oxygens (including phenoxy) is 2. The van der Waals surface area contributed by atoms with Gasteiger partial charge in [-0.05, 0) is 54.8 Å². The Morgan fingerprint density at radius 2 is 1.71 bits per heavy atom. The van der Waals surface area contributed by atoms with Gasteiger partial charge in [-0.3, -0.25) is 9.59 Å². The minimum Gasteiger partial charge on any atom is -0.427 e. The van der Waals surface area contributed by atoms with Crippen LogP contribution in [0.15, 0.2) is 53.0 Å². The summed E-state index contributed by atoms with van der Waals surface area (Å²) in [5, 5.41) is 0. The molecule has 0 aliphatic carbocycles. The number of imide groups is 1. The number of hydrogen-bond donors (Lipinski definition) is 1. The number of amides is 2. The minimum atomic E-state index is -0.953. The fourth-order valence-electron chi connectivity index (χ4n) is 3.18.